The molecule has 0 aromatic heterocycles. The molecule has 2 aromatic carbocycles. The molecule has 0 radical (unpaired) electrons. The Bertz CT molecular complexity index is 671. The van der Waals surface area contributed by atoms with Crippen LogP contribution in [0.1, 0.15) is 24.2 Å². The van der Waals surface area contributed by atoms with Crippen LogP contribution in [0.4, 0.5) is 0 Å². The third kappa shape index (κ3) is 6.18. The zero-order valence-electron chi connectivity index (χ0n) is 16.3. The third-order valence-electron chi connectivity index (χ3n) is 5.49. The molecule has 1 aliphatic rings. The Kier molecular flexibility index (Phi) is 8.15. The number of likely N-dealkylation sites (N-methyl/N-ethyl adjacent to an activating group) is 1. The van der Waals surface area contributed by atoms with Crippen molar-refractivity contribution in [3.05, 3.63) is 69.7 Å². The summed E-state index contributed by atoms with van der Waals surface area (Å²) in [7, 11) is 0. The largest absolute Gasteiger partial charge is 0.385 e. The van der Waals surface area contributed by atoms with Gasteiger partial charge in [-0.05, 0) is 42.3 Å². The van der Waals surface area contributed by atoms with Gasteiger partial charge in [0.05, 0.1) is 13.2 Å². The molecule has 1 heterocycles. The summed E-state index contributed by atoms with van der Waals surface area (Å²) in [5, 5.41) is 11.9. The lowest BCUT2D eigenvalue weighted by Gasteiger charge is -2.30. The summed E-state index contributed by atoms with van der Waals surface area (Å²) < 4.78 is 6.18. The van der Waals surface area contributed by atoms with E-state index in [2.05, 4.69) is 6.92 Å². The molecule has 0 unspecified atom stereocenters. The number of nitrogens with one attached hydrogen (secondary N) is 2. The highest BCUT2D eigenvalue weighted by Crippen LogP contribution is 2.28. The van der Waals surface area contributed by atoms with Crippen LogP contribution in [0.25, 0.3) is 0 Å². The van der Waals surface area contributed by atoms with E-state index in [9.17, 15) is 5.11 Å². The van der Waals surface area contributed by atoms with Gasteiger partial charge in [0.2, 0.25) is 0 Å². The van der Waals surface area contributed by atoms with E-state index in [0.717, 1.165) is 30.8 Å². The van der Waals surface area contributed by atoms with Crippen molar-refractivity contribution in [3.63, 3.8) is 0 Å². The first-order valence-corrected chi connectivity index (χ1v) is 10.8. The number of aliphatic hydroxyl groups excluding tert-OH is 1. The summed E-state index contributed by atoms with van der Waals surface area (Å²) in [5.41, 5.74) is 2.01. The van der Waals surface area contributed by atoms with Crippen LogP contribution in [-0.4, -0.2) is 57.1 Å². The molecule has 28 heavy (non-hydrogen) atoms. The zero-order chi connectivity index (χ0) is 19.9. The van der Waals surface area contributed by atoms with Crippen LogP contribution in [-0.2, 0) is 4.74 Å². The van der Waals surface area contributed by atoms with E-state index >= 15 is 0 Å². The lowest BCUT2D eigenvalue weighted by molar-refractivity contribution is -1.01. The molecule has 0 bridgehead atoms. The minimum absolute atomic E-state index is 0.263. The van der Waals surface area contributed by atoms with Crippen LogP contribution >= 0.6 is 23.2 Å². The SMILES string of the molecule is CC[NH+]1CC[NH+](C[C@@H](O)COC(c2ccc(Cl)cc2)c2ccc(Cl)cc2)CC1. The third-order valence-corrected chi connectivity index (χ3v) is 5.99. The number of ether oxygens (including phenoxy) is 1. The van der Waals surface area contributed by atoms with E-state index in [1.165, 1.54) is 24.5 Å². The molecule has 0 saturated carbocycles. The van der Waals surface area contributed by atoms with Crippen molar-refractivity contribution >= 4 is 23.2 Å². The Labute approximate surface area is 177 Å². The molecule has 1 fully saturated rings. The quantitative estimate of drug-likeness (QED) is 0.596. The highest BCUT2D eigenvalue weighted by molar-refractivity contribution is 6.30. The summed E-state index contributed by atoms with van der Waals surface area (Å²) in [6.07, 6.45) is -0.749. The average Bonchev–Trinajstić information content (AvgIpc) is 2.71. The number of halogens is 2. The molecule has 1 saturated heterocycles. The molecule has 6 heteroatoms. The summed E-state index contributed by atoms with van der Waals surface area (Å²) >= 11 is 12.1. The average molecular weight is 425 g/mol. The normalized spacial score (nSPS) is 21.0. The summed E-state index contributed by atoms with van der Waals surface area (Å²) in [5.74, 6) is 0. The van der Waals surface area contributed by atoms with Gasteiger partial charge >= 0.3 is 0 Å². The summed E-state index contributed by atoms with van der Waals surface area (Å²) in [6.45, 7) is 9.01. The fourth-order valence-electron chi connectivity index (χ4n) is 3.77. The second kappa shape index (κ2) is 10.6. The molecule has 3 N–H and O–H groups in total. The topological polar surface area (TPSA) is 38.3 Å². The van der Waals surface area contributed by atoms with E-state index in [1.807, 2.05) is 48.5 Å². The van der Waals surface area contributed by atoms with E-state index in [4.69, 9.17) is 27.9 Å². The number of benzene rings is 2. The van der Waals surface area contributed by atoms with Crippen LogP contribution < -0.4 is 9.80 Å². The van der Waals surface area contributed by atoms with E-state index in [0.29, 0.717) is 16.7 Å². The van der Waals surface area contributed by atoms with Crippen molar-refractivity contribution in [2.45, 2.75) is 19.1 Å². The molecule has 0 amide bonds. The molecule has 1 aliphatic heterocycles. The van der Waals surface area contributed by atoms with Gasteiger partial charge in [-0.15, -0.1) is 0 Å². The standard InChI is InChI=1S/C22H28Cl2N2O2/c1-2-25-11-13-26(14-12-25)15-21(27)16-28-22(17-3-7-19(23)8-4-17)18-5-9-20(24)10-6-18/h3-10,21-22,27H,2,11-16H2,1H3/p+2/t21-/m1/s1. The number of aliphatic hydroxyl groups is 1. The van der Waals surface area contributed by atoms with Gasteiger partial charge in [0.15, 0.2) is 0 Å². The molecule has 4 nitrogen and oxygen atoms in total. The Hall–Kier alpha value is -1.14. The van der Waals surface area contributed by atoms with Crippen molar-refractivity contribution in [2.24, 2.45) is 0 Å². The summed E-state index contributed by atoms with van der Waals surface area (Å²) in [4.78, 5) is 3.11. The van der Waals surface area contributed by atoms with Gasteiger partial charge in [-0.1, -0.05) is 47.5 Å². The van der Waals surface area contributed by atoms with E-state index in [1.54, 1.807) is 4.90 Å². The van der Waals surface area contributed by atoms with Crippen molar-refractivity contribution in [3.8, 4) is 0 Å². The Balaban J connectivity index is 1.61. The first kappa shape index (κ1) is 21.6. The highest BCUT2D eigenvalue weighted by Gasteiger charge is 2.25. The van der Waals surface area contributed by atoms with Crippen molar-refractivity contribution in [1.29, 1.82) is 0 Å². The van der Waals surface area contributed by atoms with Gasteiger partial charge in [0, 0.05) is 10.0 Å². The van der Waals surface area contributed by atoms with E-state index < -0.39 is 6.10 Å². The predicted octanol–water partition coefficient (Wildman–Crippen LogP) is 1.26. The monoisotopic (exact) mass is 424 g/mol. The molecular weight excluding hydrogens is 395 g/mol. The highest BCUT2D eigenvalue weighted by atomic mass is 35.5. The molecule has 152 valence electrons. The fraction of sp³-hybridized carbons (Fsp3) is 0.455. The predicted molar refractivity (Wildman–Crippen MR) is 114 cm³/mol. The first-order chi connectivity index (χ1) is 13.5. The number of rotatable bonds is 8. The number of hydrogen-bond donors (Lipinski definition) is 3. The number of quaternary nitrogens is 2. The van der Waals surface area contributed by atoms with Crippen molar-refractivity contribution in [1.82, 2.24) is 0 Å². The molecule has 2 aromatic rings. The number of hydrogen-bond acceptors (Lipinski definition) is 2. The van der Waals surface area contributed by atoms with Crippen LogP contribution in [0.5, 0.6) is 0 Å². The lowest BCUT2D eigenvalue weighted by atomic mass is 10.0. The van der Waals surface area contributed by atoms with Crippen LogP contribution in [0.2, 0.25) is 10.0 Å². The van der Waals surface area contributed by atoms with Crippen LogP contribution in [0, 0.1) is 0 Å². The van der Waals surface area contributed by atoms with Gasteiger partial charge < -0.3 is 19.6 Å². The molecule has 1 atom stereocenters. The van der Waals surface area contributed by atoms with Gasteiger partial charge in [-0.2, -0.15) is 0 Å². The van der Waals surface area contributed by atoms with Gasteiger partial charge in [-0.25, -0.2) is 0 Å². The molecule has 0 spiro atoms. The zero-order valence-corrected chi connectivity index (χ0v) is 17.8. The second-order valence-corrected chi connectivity index (χ2v) is 8.40. The van der Waals surface area contributed by atoms with Crippen LogP contribution in [0.15, 0.2) is 48.5 Å². The van der Waals surface area contributed by atoms with E-state index in [-0.39, 0.29) is 6.10 Å². The molecular formula is C22H30Cl2N2O2+2. The maximum Gasteiger partial charge on any atom is 0.127 e. The van der Waals surface area contributed by atoms with Crippen molar-refractivity contribution < 1.29 is 19.6 Å². The summed E-state index contributed by atoms with van der Waals surface area (Å²) in [6, 6.07) is 15.3. The Morgan fingerprint density at radius 2 is 1.32 bits per heavy atom. The number of piperazine rings is 1. The molecule has 0 aliphatic carbocycles. The smallest absolute Gasteiger partial charge is 0.127 e. The van der Waals surface area contributed by atoms with Crippen LogP contribution in [0.3, 0.4) is 0 Å². The fourth-order valence-corrected chi connectivity index (χ4v) is 4.03. The minimum atomic E-state index is -0.486. The maximum atomic E-state index is 10.6. The minimum Gasteiger partial charge on any atom is -0.385 e. The van der Waals surface area contributed by atoms with Gasteiger partial charge in [0.25, 0.3) is 0 Å². The van der Waals surface area contributed by atoms with Gasteiger partial charge in [-0.3, -0.25) is 0 Å². The van der Waals surface area contributed by atoms with Crippen molar-refractivity contribution in [2.75, 3.05) is 45.9 Å². The first-order valence-electron chi connectivity index (χ1n) is 10.0. The Morgan fingerprint density at radius 3 is 1.79 bits per heavy atom. The maximum absolute atomic E-state index is 10.6. The second-order valence-electron chi connectivity index (χ2n) is 7.53. The lowest BCUT2D eigenvalue weighted by Crippen LogP contribution is -3.28. The van der Waals surface area contributed by atoms with Gasteiger partial charge in [0.1, 0.15) is 44.9 Å². The molecule has 3 rings (SSSR count). The Morgan fingerprint density at radius 1 is 0.857 bits per heavy atom.